The van der Waals surface area contributed by atoms with Gasteiger partial charge in [0.15, 0.2) is 0 Å². The van der Waals surface area contributed by atoms with Gasteiger partial charge in [-0.3, -0.25) is 10.4 Å². The smallest absolute Gasteiger partial charge is 0.203 e. The minimum atomic E-state index is 0.426. The summed E-state index contributed by atoms with van der Waals surface area (Å²) in [4.78, 5) is 8.75. The number of benzene rings is 1. The number of rotatable bonds is 6. The Morgan fingerprint density at radius 3 is 2.74 bits per heavy atom. The molecule has 23 heavy (non-hydrogen) atoms. The molecular weight excluding hydrogens is 308 g/mol. The Morgan fingerprint density at radius 2 is 1.96 bits per heavy atom. The van der Waals surface area contributed by atoms with Crippen LogP contribution in [0.15, 0.2) is 65.2 Å². The fourth-order valence-electron chi connectivity index (χ4n) is 1.84. The minimum absolute atomic E-state index is 0.426. The summed E-state index contributed by atoms with van der Waals surface area (Å²) in [5.41, 5.74) is 5.49. The number of hydrogen-bond acceptors (Lipinski definition) is 6. The van der Waals surface area contributed by atoms with Crippen molar-refractivity contribution in [1.29, 1.82) is 0 Å². The minimum Gasteiger partial charge on any atom is -0.488 e. The van der Waals surface area contributed by atoms with Gasteiger partial charge in [-0.1, -0.05) is 24.3 Å². The number of hydrogen-bond donors (Lipinski definition) is 1. The lowest BCUT2D eigenvalue weighted by Crippen LogP contribution is -2.09. The van der Waals surface area contributed by atoms with Gasteiger partial charge in [0.05, 0.1) is 11.4 Å². The van der Waals surface area contributed by atoms with Crippen LogP contribution < -0.4 is 10.2 Å². The van der Waals surface area contributed by atoms with E-state index in [1.54, 1.807) is 6.20 Å². The Labute approximate surface area is 138 Å². The number of nitrogens with one attached hydrogen (secondary N) is 1. The summed E-state index contributed by atoms with van der Waals surface area (Å²) in [5, 5.41) is 6.97. The molecule has 0 amide bonds. The SMILES string of the molecule is C/C(COc1ccccc1)=N\Nc1nc(-c2ccccn2)cs1. The Hall–Kier alpha value is -2.73. The van der Waals surface area contributed by atoms with E-state index in [9.17, 15) is 0 Å². The third-order valence-corrected chi connectivity index (χ3v) is 3.71. The second-order valence-corrected chi connectivity index (χ2v) is 5.67. The lowest BCUT2D eigenvalue weighted by Gasteiger charge is -2.05. The second-order valence-electron chi connectivity index (χ2n) is 4.81. The van der Waals surface area contributed by atoms with Crippen molar-refractivity contribution >= 4 is 22.2 Å². The molecule has 0 radical (unpaired) electrons. The molecule has 0 unspecified atom stereocenters. The molecule has 3 rings (SSSR count). The van der Waals surface area contributed by atoms with Gasteiger partial charge in [-0.15, -0.1) is 11.3 Å². The quantitative estimate of drug-likeness (QED) is 0.548. The molecule has 0 spiro atoms. The zero-order chi connectivity index (χ0) is 15.9. The first-order valence-corrected chi connectivity index (χ1v) is 8.03. The molecule has 0 aliphatic heterocycles. The predicted octanol–water partition coefficient (Wildman–Crippen LogP) is 4.07. The summed E-state index contributed by atoms with van der Waals surface area (Å²) < 4.78 is 5.63. The first-order chi connectivity index (χ1) is 11.3. The normalized spacial score (nSPS) is 11.3. The summed E-state index contributed by atoms with van der Waals surface area (Å²) >= 11 is 1.49. The number of pyridine rings is 1. The van der Waals surface area contributed by atoms with Crippen LogP contribution in [-0.4, -0.2) is 22.3 Å². The number of anilines is 1. The van der Waals surface area contributed by atoms with Crippen molar-refractivity contribution in [3.05, 3.63) is 60.1 Å². The van der Waals surface area contributed by atoms with E-state index < -0.39 is 0 Å². The standard InChI is InChI=1S/C17H16N4OS/c1-13(11-22-14-7-3-2-4-8-14)20-21-17-19-16(12-23-17)15-9-5-6-10-18-15/h2-10,12H,11H2,1H3,(H,19,21)/b20-13+. The Bertz CT molecular complexity index is 772. The highest BCUT2D eigenvalue weighted by Crippen LogP contribution is 2.22. The maximum Gasteiger partial charge on any atom is 0.203 e. The van der Waals surface area contributed by atoms with Gasteiger partial charge in [0.1, 0.15) is 18.1 Å². The van der Waals surface area contributed by atoms with Crippen LogP contribution in [-0.2, 0) is 0 Å². The van der Waals surface area contributed by atoms with Crippen molar-refractivity contribution in [2.45, 2.75) is 6.92 Å². The van der Waals surface area contributed by atoms with Crippen molar-refractivity contribution in [2.24, 2.45) is 5.10 Å². The summed E-state index contributed by atoms with van der Waals surface area (Å²) in [6, 6.07) is 15.4. The number of hydrazone groups is 1. The van der Waals surface area contributed by atoms with E-state index in [0.29, 0.717) is 6.61 Å². The van der Waals surface area contributed by atoms with Crippen LogP contribution in [0.1, 0.15) is 6.92 Å². The monoisotopic (exact) mass is 324 g/mol. The number of para-hydroxylation sites is 1. The van der Waals surface area contributed by atoms with E-state index in [1.165, 1.54) is 11.3 Å². The van der Waals surface area contributed by atoms with Crippen LogP contribution in [0.3, 0.4) is 0 Å². The molecule has 3 aromatic rings. The molecule has 2 heterocycles. The zero-order valence-electron chi connectivity index (χ0n) is 12.6. The highest BCUT2D eigenvalue weighted by atomic mass is 32.1. The maximum atomic E-state index is 5.63. The molecule has 116 valence electrons. The summed E-state index contributed by atoms with van der Waals surface area (Å²) in [6.45, 7) is 2.33. The highest BCUT2D eigenvalue weighted by Gasteiger charge is 2.04. The number of ether oxygens (including phenoxy) is 1. The van der Waals surface area contributed by atoms with Gasteiger partial charge in [-0.25, -0.2) is 4.98 Å². The summed E-state index contributed by atoms with van der Waals surface area (Å²) in [7, 11) is 0. The van der Waals surface area contributed by atoms with Crippen LogP contribution in [0.25, 0.3) is 11.4 Å². The Kier molecular flexibility index (Phi) is 4.95. The van der Waals surface area contributed by atoms with Gasteiger partial charge in [0.25, 0.3) is 0 Å². The van der Waals surface area contributed by atoms with E-state index >= 15 is 0 Å². The first-order valence-electron chi connectivity index (χ1n) is 7.15. The lowest BCUT2D eigenvalue weighted by atomic mass is 10.3. The third-order valence-electron chi connectivity index (χ3n) is 2.96. The fraction of sp³-hybridized carbons (Fsp3) is 0.118. The lowest BCUT2D eigenvalue weighted by molar-refractivity contribution is 0.376. The van der Waals surface area contributed by atoms with Crippen LogP contribution in [0, 0.1) is 0 Å². The first kappa shape index (κ1) is 15.2. The molecule has 1 N–H and O–H groups in total. The van der Waals surface area contributed by atoms with Crippen molar-refractivity contribution < 1.29 is 4.74 Å². The topological polar surface area (TPSA) is 59.4 Å². The molecule has 5 nitrogen and oxygen atoms in total. The van der Waals surface area contributed by atoms with Gasteiger partial charge in [0.2, 0.25) is 5.13 Å². The molecule has 0 saturated heterocycles. The fourth-order valence-corrected chi connectivity index (χ4v) is 2.48. The van der Waals surface area contributed by atoms with Crippen molar-refractivity contribution in [1.82, 2.24) is 9.97 Å². The Morgan fingerprint density at radius 1 is 1.13 bits per heavy atom. The Balaban J connectivity index is 1.56. The molecule has 0 aliphatic rings. The van der Waals surface area contributed by atoms with E-state index in [-0.39, 0.29) is 0 Å². The molecule has 1 aromatic carbocycles. The van der Waals surface area contributed by atoms with Crippen molar-refractivity contribution in [3.8, 4) is 17.1 Å². The van der Waals surface area contributed by atoms with E-state index in [4.69, 9.17) is 4.74 Å². The molecule has 0 atom stereocenters. The van der Waals surface area contributed by atoms with Gasteiger partial charge < -0.3 is 4.74 Å². The number of aromatic nitrogens is 2. The van der Waals surface area contributed by atoms with Crippen molar-refractivity contribution in [2.75, 3.05) is 12.0 Å². The van der Waals surface area contributed by atoms with Crippen LogP contribution in [0.4, 0.5) is 5.13 Å². The van der Waals surface area contributed by atoms with Gasteiger partial charge >= 0.3 is 0 Å². The molecular formula is C17H16N4OS. The average molecular weight is 324 g/mol. The van der Waals surface area contributed by atoms with E-state index in [1.807, 2.05) is 60.8 Å². The van der Waals surface area contributed by atoms with Crippen LogP contribution in [0.5, 0.6) is 5.75 Å². The van der Waals surface area contributed by atoms with Gasteiger partial charge in [-0.2, -0.15) is 5.10 Å². The zero-order valence-corrected chi connectivity index (χ0v) is 13.5. The van der Waals surface area contributed by atoms with Gasteiger partial charge in [-0.05, 0) is 31.2 Å². The summed E-state index contributed by atoms with van der Waals surface area (Å²) in [5.74, 6) is 0.828. The number of nitrogens with zero attached hydrogens (tertiary/aromatic N) is 3. The second kappa shape index (κ2) is 7.51. The molecule has 0 aliphatic carbocycles. The van der Waals surface area contributed by atoms with E-state index in [2.05, 4.69) is 20.5 Å². The van der Waals surface area contributed by atoms with Gasteiger partial charge in [0, 0.05) is 11.6 Å². The van der Waals surface area contributed by atoms with Crippen molar-refractivity contribution in [3.63, 3.8) is 0 Å². The molecule has 0 bridgehead atoms. The average Bonchev–Trinajstić information content (AvgIpc) is 3.09. The largest absolute Gasteiger partial charge is 0.488 e. The third kappa shape index (κ3) is 4.37. The molecule has 0 saturated carbocycles. The predicted molar refractivity (Wildman–Crippen MR) is 94.0 cm³/mol. The molecule has 2 aromatic heterocycles. The molecule has 6 heteroatoms. The van der Waals surface area contributed by atoms with E-state index in [0.717, 1.165) is 28.0 Å². The van der Waals surface area contributed by atoms with Crippen LogP contribution >= 0.6 is 11.3 Å². The maximum absolute atomic E-state index is 5.63. The number of thiazole rings is 1. The summed E-state index contributed by atoms with van der Waals surface area (Å²) in [6.07, 6.45) is 1.75. The highest BCUT2D eigenvalue weighted by molar-refractivity contribution is 7.14. The molecule has 0 fully saturated rings. The van der Waals surface area contributed by atoms with Crippen LogP contribution in [0.2, 0.25) is 0 Å².